The van der Waals surface area contributed by atoms with Crippen molar-refractivity contribution in [2.45, 2.75) is 13.5 Å². The zero-order valence-corrected chi connectivity index (χ0v) is 11.8. The van der Waals surface area contributed by atoms with Gasteiger partial charge < -0.3 is 10.6 Å². The standard InChI is InChI=1S/C15H14FN3O3/c1-10-2-7-13(19(21)22)8-14(10)18-15(20)17-9-11-3-5-12(16)6-4-11/h2-8H,9H2,1H3,(H2,17,18,20). The fourth-order valence-electron chi connectivity index (χ4n) is 1.81. The number of halogens is 1. The molecule has 0 aliphatic rings. The minimum atomic E-state index is -0.527. The lowest BCUT2D eigenvalue weighted by atomic mass is 10.2. The molecule has 0 spiro atoms. The fraction of sp³-hybridized carbons (Fsp3) is 0.133. The smallest absolute Gasteiger partial charge is 0.319 e. The van der Waals surface area contributed by atoms with Crippen LogP contribution in [-0.2, 0) is 6.54 Å². The number of nitrogens with zero attached hydrogens (tertiary/aromatic N) is 1. The number of amides is 2. The van der Waals surface area contributed by atoms with Gasteiger partial charge in [-0.1, -0.05) is 18.2 Å². The van der Waals surface area contributed by atoms with Gasteiger partial charge in [-0.2, -0.15) is 0 Å². The molecule has 0 aromatic heterocycles. The van der Waals surface area contributed by atoms with Crippen LogP contribution in [0.3, 0.4) is 0 Å². The molecule has 0 heterocycles. The van der Waals surface area contributed by atoms with Crippen LogP contribution in [0.25, 0.3) is 0 Å². The van der Waals surface area contributed by atoms with Crippen LogP contribution >= 0.6 is 0 Å². The van der Waals surface area contributed by atoms with Gasteiger partial charge >= 0.3 is 6.03 Å². The van der Waals surface area contributed by atoms with Crippen molar-refractivity contribution < 1.29 is 14.1 Å². The molecule has 0 aliphatic heterocycles. The largest absolute Gasteiger partial charge is 0.334 e. The van der Waals surface area contributed by atoms with Crippen LogP contribution in [0.1, 0.15) is 11.1 Å². The maximum absolute atomic E-state index is 12.8. The zero-order valence-electron chi connectivity index (χ0n) is 11.8. The molecule has 0 unspecified atom stereocenters. The Hall–Kier alpha value is -2.96. The summed E-state index contributed by atoms with van der Waals surface area (Å²) in [5, 5.41) is 15.9. The number of nitro benzene ring substituents is 1. The predicted molar refractivity (Wildman–Crippen MR) is 80.1 cm³/mol. The molecule has 2 rings (SSSR count). The summed E-state index contributed by atoms with van der Waals surface area (Å²) in [7, 11) is 0. The maximum atomic E-state index is 12.8. The predicted octanol–water partition coefficient (Wildman–Crippen LogP) is 3.36. The number of hydrogen-bond donors (Lipinski definition) is 2. The SMILES string of the molecule is Cc1ccc([N+](=O)[O-])cc1NC(=O)NCc1ccc(F)cc1. The Bertz CT molecular complexity index is 702. The third-order valence-electron chi connectivity index (χ3n) is 3.05. The van der Waals surface area contributed by atoms with Crippen LogP contribution < -0.4 is 10.6 Å². The minimum absolute atomic E-state index is 0.0977. The monoisotopic (exact) mass is 303 g/mol. The van der Waals surface area contributed by atoms with E-state index in [1.54, 1.807) is 25.1 Å². The van der Waals surface area contributed by atoms with Gasteiger partial charge in [0.1, 0.15) is 5.82 Å². The van der Waals surface area contributed by atoms with E-state index in [0.717, 1.165) is 5.56 Å². The van der Waals surface area contributed by atoms with E-state index in [4.69, 9.17) is 0 Å². The van der Waals surface area contributed by atoms with Crippen molar-refractivity contribution in [1.29, 1.82) is 0 Å². The lowest BCUT2D eigenvalue weighted by molar-refractivity contribution is -0.384. The molecule has 2 amide bonds. The van der Waals surface area contributed by atoms with Gasteiger partial charge in [-0.15, -0.1) is 0 Å². The van der Waals surface area contributed by atoms with Gasteiger partial charge in [0.05, 0.1) is 10.6 Å². The third-order valence-corrected chi connectivity index (χ3v) is 3.05. The number of hydrogen-bond acceptors (Lipinski definition) is 3. The summed E-state index contributed by atoms with van der Waals surface area (Å²) in [4.78, 5) is 22.0. The average molecular weight is 303 g/mol. The highest BCUT2D eigenvalue weighted by Crippen LogP contribution is 2.21. The van der Waals surface area contributed by atoms with Crippen LogP contribution in [0.5, 0.6) is 0 Å². The summed E-state index contributed by atoms with van der Waals surface area (Å²) in [5.74, 6) is -0.347. The van der Waals surface area contributed by atoms with E-state index in [0.29, 0.717) is 11.3 Å². The first-order valence-electron chi connectivity index (χ1n) is 6.50. The second-order valence-electron chi connectivity index (χ2n) is 4.69. The van der Waals surface area contributed by atoms with E-state index in [-0.39, 0.29) is 18.0 Å². The number of carbonyl (C=O) groups is 1. The summed E-state index contributed by atoms with van der Waals surface area (Å²) in [6, 6.07) is 9.48. The molecule has 0 aliphatic carbocycles. The number of nitro groups is 1. The molecular formula is C15H14FN3O3. The Kier molecular flexibility index (Phi) is 4.67. The molecule has 6 nitrogen and oxygen atoms in total. The number of non-ortho nitro benzene ring substituents is 1. The first kappa shape index (κ1) is 15.4. The van der Waals surface area contributed by atoms with Crippen LogP contribution in [-0.4, -0.2) is 11.0 Å². The van der Waals surface area contributed by atoms with Crippen LogP contribution in [0.4, 0.5) is 20.6 Å². The number of rotatable bonds is 4. The van der Waals surface area contributed by atoms with E-state index in [1.807, 2.05) is 0 Å². The van der Waals surface area contributed by atoms with Gasteiger partial charge in [0.2, 0.25) is 0 Å². The van der Waals surface area contributed by atoms with Crippen molar-refractivity contribution in [3.8, 4) is 0 Å². The molecule has 7 heteroatoms. The van der Waals surface area contributed by atoms with E-state index < -0.39 is 11.0 Å². The summed E-state index contributed by atoms with van der Waals surface area (Å²) in [6.45, 7) is 1.96. The van der Waals surface area contributed by atoms with Gasteiger partial charge in [0, 0.05) is 18.7 Å². The molecule has 0 saturated carbocycles. The number of carbonyl (C=O) groups excluding carboxylic acids is 1. The average Bonchev–Trinajstić information content (AvgIpc) is 2.48. The molecule has 0 radical (unpaired) electrons. The molecule has 114 valence electrons. The summed E-state index contributed by atoms with van der Waals surface area (Å²) >= 11 is 0. The first-order valence-corrected chi connectivity index (χ1v) is 6.50. The highest BCUT2D eigenvalue weighted by Gasteiger charge is 2.10. The fourth-order valence-corrected chi connectivity index (χ4v) is 1.81. The van der Waals surface area contributed by atoms with E-state index in [1.165, 1.54) is 24.3 Å². The normalized spacial score (nSPS) is 10.1. The van der Waals surface area contributed by atoms with Crippen molar-refractivity contribution in [1.82, 2.24) is 5.32 Å². The number of nitrogens with one attached hydrogen (secondary N) is 2. The number of aryl methyl sites for hydroxylation is 1. The third kappa shape index (κ3) is 4.02. The Morgan fingerprint density at radius 2 is 1.91 bits per heavy atom. The molecule has 0 fully saturated rings. The first-order chi connectivity index (χ1) is 10.5. The Morgan fingerprint density at radius 1 is 1.23 bits per heavy atom. The Balaban J connectivity index is 1.98. The molecule has 2 aromatic rings. The van der Waals surface area contributed by atoms with E-state index >= 15 is 0 Å². The number of urea groups is 1. The molecule has 22 heavy (non-hydrogen) atoms. The van der Waals surface area contributed by atoms with Crippen molar-refractivity contribution in [3.05, 3.63) is 69.5 Å². The highest BCUT2D eigenvalue weighted by atomic mass is 19.1. The molecular weight excluding hydrogens is 289 g/mol. The van der Waals surface area contributed by atoms with Gasteiger partial charge in [-0.05, 0) is 30.2 Å². The van der Waals surface area contributed by atoms with Crippen LogP contribution in [0.2, 0.25) is 0 Å². The Labute approximate surface area is 126 Å². The number of anilines is 1. The van der Waals surface area contributed by atoms with Gasteiger partial charge in [0.15, 0.2) is 0 Å². The number of benzene rings is 2. The topological polar surface area (TPSA) is 84.3 Å². The van der Waals surface area contributed by atoms with Gasteiger partial charge in [-0.3, -0.25) is 10.1 Å². The second kappa shape index (κ2) is 6.66. The summed E-state index contributed by atoms with van der Waals surface area (Å²) < 4.78 is 12.8. The highest BCUT2D eigenvalue weighted by molar-refractivity contribution is 5.90. The van der Waals surface area contributed by atoms with Crippen molar-refractivity contribution in [2.24, 2.45) is 0 Å². The Morgan fingerprint density at radius 3 is 2.55 bits per heavy atom. The quantitative estimate of drug-likeness (QED) is 0.671. The lowest BCUT2D eigenvalue weighted by Gasteiger charge is -2.10. The van der Waals surface area contributed by atoms with Crippen LogP contribution in [0, 0.1) is 22.9 Å². The molecule has 0 atom stereocenters. The van der Waals surface area contributed by atoms with Crippen molar-refractivity contribution in [2.75, 3.05) is 5.32 Å². The summed E-state index contributed by atoms with van der Waals surface area (Å²) in [6.07, 6.45) is 0. The molecule has 0 bridgehead atoms. The molecule has 2 N–H and O–H groups in total. The van der Waals surface area contributed by atoms with Gasteiger partial charge in [-0.25, -0.2) is 9.18 Å². The lowest BCUT2D eigenvalue weighted by Crippen LogP contribution is -2.28. The van der Waals surface area contributed by atoms with Crippen molar-refractivity contribution in [3.63, 3.8) is 0 Å². The van der Waals surface area contributed by atoms with Gasteiger partial charge in [0.25, 0.3) is 5.69 Å². The molecule has 2 aromatic carbocycles. The molecule has 0 saturated heterocycles. The summed E-state index contributed by atoms with van der Waals surface area (Å²) in [5.41, 5.74) is 1.72. The van der Waals surface area contributed by atoms with E-state index in [9.17, 15) is 19.3 Å². The maximum Gasteiger partial charge on any atom is 0.319 e. The van der Waals surface area contributed by atoms with Crippen molar-refractivity contribution >= 4 is 17.4 Å². The zero-order chi connectivity index (χ0) is 16.1. The van der Waals surface area contributed by atoms with Crippen LogP contribution in [0.15, 0.2) is 42.5 Å². The van der Waals surface area contributed by atoms with E-state index in [2.05, 4.69) is 10.6 Å². The second-order valence-corrected chi connectivity index (χ2v) is 4.69. The minimum Gasteiger partial charge on any atom is -0.334 e.